The molecule has 0 aliphatic carbocycles. The van der Waals surface area contributed by atoms with Crippen LogP contribution < -0.4 is 5.32 Å². The van der Waals surface area contributed by atoms with Crippen LogP contribution in [0.15, 0.2) is 24.3 Å². The summed E-state index contributed by atoms with van der Waals surface area (Å²) in [4.78, 5) is 28.4. The molecule has 0 saturated carbocycles. The molecule has 6 heteroatoms. The van der Waals surface area contributed by atoms with Gasteiger partial charge < -0.3 is 15.3 Å². The number of carbonyl (C=O) groups is 2. The van der Waals surface area contributed by atoms with E-state index in [0.29, 0.717) is 12.0 Å². The second-order valence-electron chi connectivity index (χ2n) is 6.79. The van der Waals surface area contributed by atoms with Crippen LogP contribution in [0, 0.1) is 0 Å². The van der Waals surface area contributed by atoms with Gasteiger partial charge >= 0.3 is 5.97 Å². The van der Waals surface area contributed by atoms with Crippen LogP contribution >= 0.6 is 0 Å². The summed E-state index contributed by atoms with van der Waals surface area (Å²) in [6.45, 7) is 6.96. The highest BCUT2D eigenvalue weighted by Crippen LogP contribution is 2.11. The molecule has 0 spiro atoms. The molecule has 1 unspecified atom stereocenters. The first-order valence-corrected chi connectivity index (χ1v) is 9.03. The molecule has 1 aliphatic rings. The van der Waals surface area contributed by atoms with Crippen molar-refractivity contribution in [3.05, 3.63) is 35.4 Å². The van der Waals surface area contributed by atoms with E-state index in [1.165, 1.54) is 0 Å². The SMILES string of the molecule is CCCCC(NC(=O)c1cccc(CN2CCN(C)CC2)c1)C(=O)O. The van der Waals surface area contributed by atoms with Crippen molar-refractivity contribution in [1.29, 1.82) is 0 Å². The second-order valence-corrected chi connectivity index (χ2v) is 6.79. The Balaban J connectivity index is 1.96. The number of unbranched alkanes of at least 4 members (excludes halogenated alkanes) is 1. The van der Waals surface area contributed by atoms with E-state index in [2.05, 4.69) is 22.2 Å². The minimum absolute atomic E-state index is 0.316. The van der Waals surface area contributed by atoms with Gasteiger partial charge in [-0.1, -0.05) is 31.9 Å². The molecule has 1 aromatic rings. The Morgan fingerprint density at radius 3 is 2.60 bits per heavy atom. The summed E-state index contributed by atoms with van der Waals surface area (Å²) in [6.07, 6.45) is 2.14. The van der Waals surface area contributed by atoms with Gasteiger partial charge in [-0.15, -0.1) is 0 Å². The first-order valence-electron chi connectivity index (χ1n) is 9.03. The van der Waals surface area contributed by atoms with Gasteiger partial charge in [0.25, 0.3) is 5.91 Å². The van der Waals surface area contributed by atoms with Crippen LogP contribution in [0.1, 0.15) is 42.1 Å². The van der Waals surface area contributed by atoms with Gasteiger partial charge in [-0.3, -0.25) is 9.69 Å². The number of carbonyl (C=O) groups excluding carboxylic acids is 1. The molecule has 2 N–H and O–H groups in total. The summed E-state index contributed by atoms with van der Waals surface area (Å²) >= 11 is 0. The normalized spacial score (nSPS) is 17.2. The lowest BCUT2D eigenvalue weighted by Gasteiger charge is -2.32. The molecule has 1 fully saturated rings. The fraction of sp³-hybridized carbons (Fsp3) is 0.579. The van der Waals surface area contributed by atoms with Crippen molar-refractivity contribution in [2.45, 2.75) is 38.8 Å². The molecule has 1 atom stereocenters. The predicted molar refractivity (Wildman–Crippen MR) is 97.6 cm³/mol. The second kappa shape index (κ2) is 9.53. The van der Waals surface area contributed by atoms with E-state index in [0.717, 1.165) is 51.1 Å². The fourth-order valence-corrected chi connectivity index (χ4v) is 2.98. The minimum Gasteiger partial charge on any atom is -0.480 e. The molecule has 0 radical (unpaired) electrons. The zero-order chi connectivity index (χ0) is 18.2. The van der Waals surface area contributed by atoms with Crippen molar-refractivity contribution in [2.24, 2.45) is 0 Å². The Morgan fingerprint density at radius 2 is 1.96 bits per heavy atom. The molecule has 25 heavy (non-hydrogen) atoms. The highest BCUT2D eigenvalue weighted by Gasteiger charge is 2.20. The number of nitrogens with one attached hydrogen (secondary N) is 1. The zero-order valence-electron chi connectivity index (χ0n) is 15.2. The number of hydrogen-bond donors (Lipinski definition) is 2. The molecule has 2 rings (SSSR count). The molecule has 1 aromatic carbocycles. The molecular formula is C19H29N3O3. The largest absolute Gasteiger partial charge is 0.480 e. The maximum Gasteiger partial charge on any atom is 0.326 e. The number of rotatable bonds is 8. The van der Waals surface area contributed by atoms with Crippen molar-refractivity contribution >= 4 is 11.9 Å². The van der Waals surface area contributed by atoms with E-state index in [1.807, 2.05) is 25.1 Å². The van der Waals surface area contributed by atoms with E-state index < -0.39 is 12.0 Å². The summed E-state index contributed by atoms with van der Waals surface area (Å²) in [5.41, 5.74) is 1.60. The molecule has 1 aliphatic heterocycles. The molecule has 1 heterocycles. The summed E-state index contributed by atoms with van der Waals surface area (Å²) < 4.78 is 0. The molecule has 138 valence electrons. The van der Waals surface area contributed by atoms with Crippen LogP contribution in [0.5, 0.6) is 0 Å². The van der Waals surface area contributed by atoms with Gasteiger partial charge in [0, 0.05) is 38.3 Å². The molecule has 1 amide bonds. The third-order valence-electron chi connectivity index (χ3n) is 4.64. The first kappa shape index (κ1) is 19.4. The van der Waals surface area contributed by atoms with Gasteiger partial charge in [0.1, 0.15) is 6.04 Å². The highest BCUT2D eigenvalue weighted by atomic mass is 16.4. The van der Waals surface area contributed by atoms with Crippen molar-refractivity contribution in [2.75, 3.05) is 33.2 Å². The minimum atomic E-state index is -0.976. The van der Waals surface area contributed by atoms with Crippen LogP contribution in [0.2, 0.25) is 0 Å². The van der Waals surface area contributed by atoms with Crippen LogP contribution in [-0.4, -0.2) is 66.1 Å². The van der Waals surface area contributed by atoms with Gasteiger partial charge in [-0.25, -0.2) is 4.79 Å². The van der Waals surface area contributed by atoms with Gasteiger partial charge in [0.2, 0.25) is 0 Å². The molecule has 0 bridgehead atoms. The Bertz CT molecular complexity index is 583. The van der Waals surface area contributed by atoms with E-state index in [-0.39, 0.29) is 5.91 Å². The van der Waals surface area contributed by atoms with Gasteiger partial charge in [-0.2, -0.15) is 0 Å². The first-order chi connectivity index (χ1) is 12.0. The van der Waals surface area contributed by atoms with Crippen molar-refractivity contribution < 1.29 is 14.7 Å². The number of carboxylic acids is 1. The third-order valence-corrected chi connectivity index (χ3v) is 4.64. The number of piperazine rings is 1. The van der Waals surface area contributed by atoms with E-state index in [4.69, 9.17) is 0 Å². The Labute approximate surface area is 149 Å². The maximum absolute atomic E-state index is 12.4. The quantitative estimate of drug-likeness (QED) is 0.750. The predicted octanol–water partition coefficient (Wildman–Crippen LogP) is 1.81. The fourth-order valence-electron chi connectivity index (χ4n) is 2.98. The third kappa shape index (κ3) is 6.14. The molecule has 1 saturated heterocycles. The number of nitrogens with zero attached hydrogens (tertiary/aromatic N) is 2. The highest BCUT2D eigenvalue weighted by molar-refractivity contribution is 5.96. The number of benzene rings is 1. The Morgan fingerprint density at radius 1 is 1.24 bits per heavy atom. The number of aliphatic carboxylic acids is 1. The molecule has 6 nitrogen and oxygen atoms in total. The summed E-state index contributed by atoms with van der Waals surface area (Å²) in [7, 11) is 2.12. The van der Waals surface area contributed by atoms with E-state index in [9.17, 15) is 14.7 Å². The van der Waals surface area contributed by atoms with Crippen LogP contribution in [0.3, 0.4) is 0 Å². The van der Waals surface area contributed by atoms with E-state index in [1.54, 1.807) is 6.07 Å². The molecular weight excluding hydrogens is 318 g/mol. The van der Waals surface area contributed by atoms with Crippen LogP contribution in [-0.2, 0) is 11.3 Å². The van der Waals surface area contributed by atoms with Crippen LogP contribution in [0.4, 0.5) is 0 Å². The average Bonchev–Trinajstić information content (AvgIpc) is 2.60. The Hall–Kier alpha value is -1.92. The van der Waals surface area contributed by atoms with Gasteiger partial charge in [-0.05, 0) is 31.2 Å². The lowest BCUT2D eigenvalue weighted by Crippen LogP contribution is -2.44. The van der Waals surface area contributed by atoms with Gasteiger partial charge in [0.15, 0.2) is 0 Å². The number of hydrogen-bond acceptors (Lipinski definition) is 4. The van der Waals surface area contributed by atoms with Gasteiger partial charge in [0.05, 0.1) is 0 Å². The lowest BCUT2D eigenvalue weighted by atomic mass is 10.1. The summed E-state index contributed by atoms with van der Waals surface area (Å²) in [5, 5.41) is 11.9. The Kier molecular flexibility index (Phi) is 7.40. The monoisotopic (exact) mass is 347 g/mol. The zero-order valence-corrected chi connectivity index (χ0v) is 15.2. The van der Waals surface area contributed by atoms with Crippen molar-refractivity contribution in [1.82, 2.24) is 15.1 Å². The number of carboxylic acid groups (broad SMARTS) is 1. The smallest absolute Gasteiger partial charge is 0.326 e. The van der Waals surface area contributed by atoms with Crippen molar-refractivity contribution in [3.63, 3.8) is 0 Å². The van der Waals surface area contributed by atoms with E-state index >= 15 is 0 Å². The summed E-state index contributed by atoms with van der Waals surface area (Å²) in [5.74, 6) is -1.29. The number of amides is 1. The summed E-state index contributed by atoms with van der Waals surface area (Å²) in [6, 6.07) is 6.66. The number of likely N-dealkylation sites (N-methyl/N-ethyl adjacent to an activating group) is 1. The lowest BCUT2D eigenvalue weighted by molar-refractivity contribution is -0.139. The van der Waals surface area contributed by atoms with Crippen molar-refractivity contribution in [3.8, 4) is 0 Å². The standard InChI is InChI=1S/C19H29N3O3/c1-3-4-8-17(19(24)25)20-18(23)16-7-5-6-15(13-16)14-22-11-9-21(2)10-12-22/h5-7,13,17H,3-4,8-12,14H2,1-2H3,(H,20,23)(H,24,25). The topological polar surface area (TPSA) is 72.9 Å². The maximum atomic E-state index is 12.4. The average molecular weight is 347 g/mol. The van der Waals surface area contributed by atoms with Crippen LogP contribution in [0.25, 0.3) is 0 Å². The molecule has 0 aromatic heterocycles.